The number of aryl methyl sites for hydroxylation is 1. The summed E-state index contributed by atoms with van der Waals surface area (Å²) in [6, 6.07) is 1.68. The van der Waals surface area contributed by atoms with Crippen LogP contribution >= 0.6 is 0 Å². The minimum atomic E-state index is -0.327. The van der Waals surface area contributed by atoms with Crippen LogP contribution in [-0.2, 0) is 13.0 Å². The maximum absolute atomic E-state index is 11.6. The van der Waals surface area contributed by atoms with Gasteiger partial charge < -0.3 is 9.84 Å². The number of amides is 1. The van der Waals surface area contributed by atoms with E-state index in [0.29, 0.717) is 12.2 Å². The number of H-pyrrole nitrogens is 1. The second-order valence-corrected chi connectivity index (χ2v) is 3.53. The maximum atomic E-state index is 11.6. The zero-order chi connectivity index (χ0) is 12.1. The number of aromatic nitrogens is 4. The van der Waals surface area contributed by atoms with E-state index in [1.807, 2.05) is 6.92 Å². The smallest absolute Gasteiger partial charge is 0.291 e. The zero-order valence-corrected chi connectivity index (χ0v) is 9.43. The Morgan fingerprint density at radius 1 is 1.59 bits per heavy atom. The molecule has 0 atom stereocenters. The van der Waals surface area contributed by atoms with Crippen LogP contribution in [0.1, 0.15) is 35.5 Å². The van der Waals surface area contributed by atoms with Crippen molar-refractivity contribution < 1.29 is 9.32 Å². The number of carbonyl (C=O) groups excluding carboxylic acids is 1. The Kier molecular flexibility index (Phi) is 3.49. The second kappa shape index (κ2) is 5.24. The number of aromatic amines is 1. The van der Waals surface area contributed by atoms with E-state index >= 15 is 0 Å². The molecule has 2 aromatic heterocycles. The van der Waals surface area contributed by atoms with Crippen molar-refractivity contribution in [2.45, 2.75) is 26.3 Å². The Balaban J connectivity index is 1.90. The second-order valence-electron chi connectivity index (χ2n) is 3.53. The molecule has 0 saturated carbocycles. The summed E-state index contributed by atoms with van der Waals surface area (Å²) in [7, 11) is 0. The van der Waals surface area contributed by atoms with Crippen LogP contribution in [0.15, 0.2) is 16.9 Å². The van der Waals surface area contributed by atoms with E-state index in [4.69, 9.17) is 0 Å². The monoisotopic (exact) mass is 235 g/mol. The molecule has 0 aliphatic carbocycles. The summed E-state index contributed by atoms with van der Waals surface area (Å²) >= 11 is 0. The van der Waals surface area contributed by atoms with Crippen LogP contribution < -0.4 is 5.32 Å². The minimum absolute atomic E-state index is 0.150. The number of nitrogens with one attached hydrogen (secondary N) is 2. The summed E-state index contributed by atoms with van der Waals surface area (Å²) < 4.78 is 4.65. The molecule has 2 aromatic rings. The highest BCUT2D eigenvalue weighted by molar-refractivity contribution is 5.90. The van der Waals surface area contributed by atoms with Crippen LogP contribution in [-0.4, -0.2) is 26.2 Å². The van der Waals surface area contributed by atoms with E-state index in [-0.39, 0.29) is 11.7 Å². The van der Waals surface area contributed by atoms with Gasteiger partial charge in [-0.25, -0.2) is 4.98 Å². The number of rotatable bonds is 5. The Morgan fingerprint density at radius 3 is 3.18 bits per heavy atom. The molecule has 0 unspecified atom stereocenters. The first-order valence-corrected chi connectivity index (χ1v) is 5.38. The Labute approximate surface area is 97.6 Å². The molecule has 0 aliphatic heterocycles. The zero-order valence-electron chi connectivity index (χ0n) is 9.43. The lowest BCUT2D eigenvalue weighted by atomic mass is 10.3. The lowest BCUT2D eigenvalue weighted by Crippen LogP contribution is -2.24. The molecular formula is C10H13N5O2. The van der Waals surface area contributed by atoms with E-state index in [2.05, 4.69) is 30.2 Å². The van der Waals surface area contributed by atoms with Crippen LogP contribution in [0.4, 0.5) is 0 Å². The summed E-state index contributed by atoms with van der Waals surface area (Å²) in [6.45, 7) is 2.33. The van der Waals surface area contributed by atoms with E-state index in [9.17, 15) is 4.79 Å². The summed E-state index contributed by atoms with van der Waals surface area (Å²) in [4.78, 5) is 15.7. The standard InChI is InChI=1S/C10H13N5O2/c1-2-3-8-12-9(14-13-8)10(16)11-6-7-4-5-17-15-7/h4-5H,2-3,6H2,1H3,(H,11,16)(H,12,13,14). The molecule has 2 rings (SSSR count). The van der Waals surface area contributed by atoms with Gasteiger partial charge in [0.2, 0.25) is 5.82 Å². The predicted octanol–water partition coefficient (Wildman–Crippen LogP) is 0.675. The average Bonchev–Trinajstić information content (AvgIpc) is 2.97. The van der Waals surface area contributed by atoms with E-state index in [1.165, 1.54) is 6.26 Å². The molecule has 0 radical (unpaired) electrons. The topological polar surface area (TPSA) is 96.7 Å². The summed E-state index contributed by atoms with van der Waals surface area (Å²) in [5.74, 6) is 0.544. The van der Waals surface area contributed by atoms with Crippen LogP contribution in [0, 0.1) is 0 Å². The van der Waals surface area contributed by atoms with Gasteiger partial charge in [0.1, 0.15) is 17.8 Å². The molecule has 2 heterocycles. The van der Waals surface area contributed by atoms with Crippen molar-refractivity contribution in [1.82, 2.24) is 25.7 Å². The average molecular weight is 235 g/mol. The minimum Gasteiger partial charge on any atom is -0.364 e. The van der Waals surface area contributed by atoms with E-state index in [1.54, 1.807) is 6.07 Å². The van der Waals surface area contributed by atoms with Gasteiger partial charge in [0.15, 0.2) is 0 Å². The highest BCUT2D eigenvalue weighted by atomic mass is 16.5. The Morgan fingerprint density at radius 2 is 2.47 bits per heavy atom. The molecule has 0 bridgehead atoms. The summed E-state index contributed by atoms with van der Waals surface area (Å²) in [5, 5.41) is 12.9. The molecular weight excluding hydrogens is 222 g/mol. The van der Waals surface area contributed by atoms with Gasteiger partial charge in [-0.3, -0.25) is 9.89 Å². The molecule has 0 aliphatic rings. The fourth-order valence-electron chi connectivity index (χ4n) is 1.32. The lowest BCUT2D eigenvalue weighted by Gasteiger charge is -1.97. The van der Waals surface area contributed by atoms with Crippen LogP contribution in [0.3, 0.4) is 0 Å². The van der Waals surface area contributed by atoms with Gasteiger partial charge in [-0.1, -0.05) is 12.1 Å². The quantitative estimate of drug-likeness (QED) is 0.794. The summed E-state index contributed by atoms with van der Waals surface area (Å²) in [6.07, 6.45) is 3.19. The third-order valence-corrected chi connectivity index (χ3v) is 2.14. The maximum Gasteiger partial charge on any atom is 0.291 e. The Bertz CT molecular complexity index is 477. The van der Waals surface area contributed by atoms with E-state index in [0.717, 1.165) is 18.7 Å². The summed E-state index contributed by atoms with van der Waals surface area (Å²) in [5.41, 5.74) is 0.655. The van der Waals surface area contributed by atoms with Gasteiger partial charge in [0.25, 0.3) is 5.91 Å². The molecule has 2 N–H and O–H groups in total. The SMILES string of the molecule is CCCc1nc(C(=O)NCc2ccon2)n[nH]1. The third kappa shape index (κ3) is 2.90. The molecule has 7 nitrogen and oxygen atoms in total. The number of nitrogens with zero attached hydrogens (tertiary/aromatic N) is 3. The molecule has 90 valence electrons. The van der Waals surface area contributed by atoms with Gasteiger partial charge >= 0.3 is 0 Å². The first-order chi connectivity index (χ1) is 8.29. The van der Waals surface area contributed by atoms with Gasteiger partial charge in [-0.15, -0.1) is 5.10 Å². The fourth-order valence-corrected chi connectivity index (χ4v) is 1.32. The number of carbonyl (C=O) groups is 1. The molecule has 17 heavy (non-hydrogen) atoms. The molecule has 7 heteroatoms. The van der Waals surface area contributed by atoms with Crippen molar-refractivity contribution in [2.24, 2.45) is 0 Å². The number of hydrogen-bond donors (Lipinski definition) is 2. The van der Waals surface area contributed by atoms with Crippen LogP contribution in [0.2, 0.25) is 0 Å². The van der Waals surface area contributed by atoms with Gasteiger partial charge in [0.05, 0.1) is 6.54 Å². The first kappa shape index (κ1) is 11.3. The lowest BCUT2D eigenvalue weighted by molar-refractivity contribution is 0.0940. The van der Waals surface area contributed by atoms with Crippen molar-refractivity contribution in [2.75, 3.05) is 0 Å². The molecule has 1 amide bonds. The largest absolute Gasteiger partial charge is 0.364 e. The molecule has 0 fully saturated rings. The van der Waals surface area contributed by atoms with Gasteiger partial charge in [-0.2, -0.15) is 0 Å². The van der Waals surface area contributed by atoms with Crippen molar-refractivity contribution in [3.8, 4) is 0 Å². The van der Waals surface area contributed by atoms with Crippen molar-refractivity contribution in [3.63, 3.8) is 0 Å². The molecule has 0 spiro atoms. The number of hydrogen-bond acceptors (Lipinski definition) is 5. The predicted molar refractivity (Wildman–Crippen MR) is 58.1 cm³/mol. The van der Waals surface area contributed by atoms with Gasteiger partial charge in [-0.05, 0) is 6.42 Å². The third-order valence-electron chi connectivity index (χ3n) is 2.14. The van der Waals surface area contributed by atoms with Crippen LogP contribution in [0.25, 0.3) is 0 Å². The Hall–Kier alpha value is -2.18. The van der Waals surface area contributed by atoms with E-state index < -0.39 is 0 Å². The highest BCUT2D eigenvalue weighted by Gasteiger charge is 2.12. The fraction of sp³-hybridized carbons (Fsp3) is 0.400. The van der Waals surface area contributed by atoms with Crippen LogP contribution in [0.5, 0.6) is 0 Å². The molecule has 0 saturated heterocycles. The van der Waals surface area contributed by atoms with Crippen molar-refractivity contribution >= 4 is 5.91 Å². The normalized spacial score (nSPS) is 10.4. The first-order valence-electron chi connectivity index (χ1n) is 5.38. The van der Waals surface area contributed by atoms with Gasteiger partial charge in [0, 0.05) is 12.5 Å². The van der Waals surface area contributed by atoms with Crippen molar-refractivity contribution in [1.29, 1.82) is 0 Å². The van der Waals surface area contributed by atoms with Crippen molar-refractivity contribution in [3.05, 3.63) is 29.7 Å². The molecule has 0 aromatic carbocycles. The highest BCUT2D eigenvalue weighted by Crippen LogP contribution is 1.98.